The minimum Gasteiger partial charge on any atom is -0.465 e. The van der Waals surface area contributed by atoms with Crippen molar-refractivity contribution in [3.05, 3.63) is 42.0 Å². The van der Waals surface area contributed by atoms with Crippen molar-refractivity contribution in [3.8, 4) is 0 Å². The highest BCUT2D eigenvalue weighted by Gasteiger charge is 2.16. The Morgan fingerprint density at radius 3 is 2.57 bits per heavy atom. The Bertz CT molecular complexity index is 864. The molecule has 3 aromatic rings. The van der Waals surface area contributed by atoms with E-state index in [9.17, 15) is 9.59 Å². The summed E-state index contributed by atoms with van der Waals surface area (Å²) < 4.78 is 4.78. The quantitative estimate of drug-likeness (QED) is 0.710. The molecule has 1 amide bonds. The number of rotatable bonds is 2. The first-order chi connectivity index (χ1) is 10.1. The van der Waals surface area contributed by atoms with E-state index in [1.807, 2.05) is 24.3 Å². The highest BCUT2D eigenvalue weighted by molar-refractivity contribution is 6.12. The summed E-state index contributed by atoms with van der Waals surface area (Å²) >= 11 is 0. The van der Waals surface area contributed by atoms with Gasteiger partial charge in [-0.15, -0.1) is 0 Å². The van der Waals surface area contributed by atoms with E-state index in [1.54, 1.807) is 12.1 Å². The van der Waals surface area contributed by atoms with Gasteiger partial charge in [0.05, 0.1) is 18.4 Å². The van der Waals surface area contributed by atoms with Crippen molar-refractivity contribution in [2.45, 2.75) is 6.92 Å². The number of para-hydroxylation sites is 1. The van der Waals surface area contributed by atoms with Crippen LogP contribution in [0.3, 0.4) is 0 Å². The molecule has 0 saturated heterocycles. The van der Waals surface area contributed by atoms with Gasteiger partial charge in [0.1, 0.15) is 0 Å². The number of hydrogen-bond acceptors (Lipinski definition) is 3. The number of aromatic amines is 1. The number of esters is 1. The van der Waals surface area contributed by atoms with Crippen molar-refractivity contribution >= 4 is 39.4 Å². The Labute approximate surface area is 120 Å². The molecule has 0 aliphatic carbocycles. The highest BCUT2D eigenvalue weighted by Crippen LogP contribution is 2.30. The van der Waals surface area contributed by atoms with Gasteiger partial charge in [-0.2, -0.15) is 0 Å². The number of fused-ring (bicyclic) bond motifs is 3. The molecule has 0 unspecified atom stereocenters. The number of hydrogen-bond donors (Lipinski definition) is 2. The average Bonchev–Trinajstić information content (AvgIpc) is 2.83. The molecule has 2 aromatic carbocycles. The molecule has 0 spiro atoms. The normalized spacial score (nSPS) is 10.8. The van der Waals surface area contributed by atoms with Gasteiger partial charge in [0.15, 0.2) is 0 Å². The van der Waals surface area contributed by atoms with E-state index in [4.69, 9.17) is 4.74 Å². The Morgan fingerprint density at radius 2 is 1.86 bits per heavy atom. The maximum absolute atomic E-state index is 11.9. The predicted octanol–water partition coefficient (Wildman–Crippen LogP) is 3.07. The first-order valence-corrected chi connectivity index (χ1v) is 6.50. The number of carbonyl (C=O) groups excluding carboxylic acids is 2. The van der Waals surface area contributed by atoms with Gasteiger partial charge in [0, 0.05) is 28.7 Å². The minimum absolute atomic E-state index is 0.237. The summed E-state index contributed by atoms with van der Waals surface area (Å²) in [6, 6.07) is 11.3. The Kier molecular flexibility index (Phi) is 3.10. The minimum atomic E-state index is -0.487. The fourth-order valence-electron chi connectivity index (χ4n) is 2.47. The van der Waals surface area contributed by atoms with Gasteiger partial charge in [0.25, 0.3) is 0 Å². The number of methoxy groups -OCH3 is 1. The van der Waals surface area contributed by atoms with Crippen molar-refractivity contribution < 1.29 is 14.3 Å². The Morgan fingerprint density at radius 1 is 1.10 bits per heavy atom. The van der Waals surface area contributed by atoms with E-state index in [-0.39, 0.29) is 5.91 Å². The van der Waals surface area contributed by atoms with Crippen LogP contribution >= 0.6 is 0 Å². The zero-order chi connectivity index (χ0) is 15.0. The second-order valence-electron chi connectivity index (χ2n) is 4.79. The van der Waals surface area contributed by atoms with E-state index in [0.717, 1.165) is 21.8 Å². The van der Waals surface area contributed by atoms with Crippen LogP contribution < -0.4 is 5.32 Å². The second-order valence-corrected chi connectivity index (χ2v) is 4.79. The fourth-order valence-corrected chi connectivity index (χ4v) is 2.47. The van der Waals surface area contributed by atoms with E-state index in [1.165, 1.54) is 14.0 Å². The van der Waals surface area contributed by atoms with E-state index >= 15 is 0 Å². The molecule has 1 heterocycles. The number of amides is 1. The molecule has 3 rings (SSSR count). The molecule has 0 radical (unpaired) electrons. The number of H-pyrrole nitrogens is 1. The number of carbonyl (C=O) groups is 2. The second kappa shape index (κ2) is 4.94. The summed E-state index contributed by atoms with van der Waals surface area (Å²) in [5.74, 6) is -0.723. The number of benzene rings is 2. The van der Waals surface area contributed by atoms with Crippen molar-refractivity contribution in [2.24, 2.45) is 0 Å². The van der Waals surface area contributed by atoms with Gasteiger partial charge in [-0.1, -0.05) is 18.2 Å². The van der Waals surface area contributed by atoms with Crippen LogP contribution in [0.15, 0.2) is 36.4 Å². The first kappa shape index (κ1) is 13.2. The maximum Gasteiger partial charge on any atom is 0.340 e. The maximum atomic E-state index is 11.9. The highest BCUT2D eigenvalue weighted by atomic mass is 16.5. The lowest BCUT2D eigenvalue weighted by Crippen LogP contribution is -2.12. The zero-order valence-electron chi connectivity index (χ0n) is 11.7. The molecule has 0 fully saturated rings. The summed E-state index contributed by atoms with van der Waals surface area (Å²) in [6.07, 6.45) is 0. The van der Waals surface area contributed by atoms with Crippen LogP contribution in [0.4, 0.5) is 5.69 Å². The van der Waals surface area contributed by atoms with Crippen LogP contribution in [0.2, 0.25) is 0 Å². The van der Waals surface area contributed by atoms with Crippen molar-refractivity contribution in [2.75, 3.05) is 12.4 Å². The summed E-state index contributed by atoms with van der Waals surface area (Å²) in [7, 11) is 1.31. The third kappa shape index (κ3) is 2.23. The van der Waals surface area contributed by atoms with Crippen LogP contribution in [0.25, 0.3) is 21.8 Å². The monoisotopic (exact) mass is 282 g/mol. The third-order valence-corrected chi connectivity index (χ3v) is 3.36. The SMILES string of the molecule is COC(=O)c1cc2[nH]c3ccccc3c2cc1NC(C)=O. The van der Waals surface area contributed by atoms with Gasteiger partial charge in [-0.05, 0) is 18.2 Å². The first-order valence-electron chi connectivity index (χ1n) is 6.50. The predicted molar refractivity (Wildman–Crippen MR) is 81.4 cm³/mol. The van der Waals surface area contributed by atoms with Crippen LogP contribution in [0, 0.1) is 0 Å². The largest absolute Gasteiger partial charge is 0.465 e. The summed E-state index contributed by atoms with van der Waals surface area (Å²) in [4.78, 5) is 26.5. The molecule has 5 heteroatoms. The molecule has 2 N–H and O–H groups in total. The summed E-state index contributed by atoms with van der Waals surface area (Å²) in [6.45, 7) is 1.40. The lowest BCUT2D eigenvalue weighted by Gasteiger charge is -2.08. The lowest BCUT2D eigenvalue weighted by molar-refractivity contribution is -0.114. The topological polar surface area (TPSA) is 71.2 Å². The number of aromatic nitrogens is 1. The molecular weight excluding hydrogens is 268 g/mol. The fraction of sp³-hybridized carbons (Fsp3) is 0.125. The van der Waals surface area contributed by atoms with Gasteiger partial charge < -0.3 is 15.0 Å². The third-order valence-electron chi connectivity index (χ3n) is 3.36. The molecular formula is C16H14N2O3. The smallest absolute Gasteiger partial charge is 0.340 e. The van der Waals surface area contributed by atoms with E-state index in [2.05, 4.69) is 10.3 Å². The van der Waals surface area contributed by atoms with Crippen molar-refractivity contribution in [1.29, 1.82) is 0 Å². The number of nitrogens with one attached hydrogen (secondary N) is 2. The van der Waals surface area contributed by atoms with Crippen LogP contribution in [0.1, 0.15) is 17.3 Å². The van der Waals surface area contributed by atoms with Crippen LogP contribution in [-0.2, 0) is 9.53 Å². The van der Waals surface area contributed by atoms with Crippen molar-refractivity contribution in [1.82, 2.24) is 4.98 Å². The molecule has 5 nitrogen and oxygen atoms in total. The molecule has 0 bridgehead atoms. The van der Waals surface area contributed by atoms with Gasteiger partial charge in [0.2, 0.25) is 5.91 Å². The molecule has 0 aliphatic heterocycles. The molecule has 1 aromatic heterocycles. The van der Waals surface area contributed by atoms with Crippen molar-refractivity contribution in [3.63, 3.8) is 0 Å². The number of anilines is 1. The number of ether oxygens (including phenoxy) is 1. The Hall–Kier alpha value is -2.82. The van der Waals surface area contributed by atoms with E-state index in [0.29, 0.717) is 11.3 Å². The summed E-state index contributed by atoms with van der Waals surface area (Å²) in [5, 5.41) is 4.67. The van der Waals surface area contributed by atoms with Gasteiger partial charge >= 0.3 is 5.97 Å². The standard InChI is InChI=1S/C16H14N2O3/c1-9(19)17-15-7-11-10-5-3-4-6-13(10)18-14(11)8-12(15)16(20)21-2/h3-8,18H,1-2H3,(H,17,19). The van der Waals surface area contributed by atoms with Crippen LogP contribution in [-0.4, -0.2) is 24.0 Å². The zero-order valence-corrected chi connectivity index (χ0v) is 11.7. The summed E-state index contributed by atoms with van der Waals surface area (Å²) in [5.41, 5.74) is 2.58. The Balaban J connectivity index is 2.31. The molecule has 106 valence electrons. The molecule has 0 aliphatic rings. The van der Waals surface area contributed by atoms with E-state index < -0.39 is 5.97 Å². The average molecular weight is 282 g/mol. The van der Waals surface area contributed by atoms with Gasteiger partial charge in [-0.25, -0.2) is 4.79 Å². The van der Waals surface area contributed by atoms with Gasteiger partial charge in [-0.3, -0.25) is 4.79 Å². The molecule has 21 heavy (non-hydrogen) atoms. The lowest BCUT2D eigenvalue weighted by atomic mass is 10.1. The molecule has 0 atom stereocenters. The molecule has 0 saturated carbocycles. The van der Waals surface area contributed by atoms with Crippen LogP contribution in [0.5, 0.6) is 0 Å².